The molecular formula is C25H26N4O4. The van der Waals surface area contributed by atoms with Gasteiger partial charge >= 0.3 is 0 Å². The number of Topliss-reactive ketones (excluding diaryl/α,β-unsaturated/α-hetero) is 1. The van der Waals surface area contributed by atoms with Gasteiger partial charge in [0.1, 0.15) is 17.8 Å². The van der Waals surface area contributed by atoms with Crippen LogP contribution in [0.4, 0.5) is 0 Å². The molecule has 4 rings (SSSR count). The molecule has 2 heterocycles. The van der Waals surface area contributed by atoms with Crippen LogP contribution in [0.5, 0.6) is 0 Å². The van der Waals surface area contributed by atoms with E-state index in [-0.39, 0.29) is 35.6 Å². The highest BCUT2D eigenvalue weighted by atomic mass is 16.2. The number of carbonyl (C=O) groups excluding carboxylic acids is 4. The second-order valence-electron chi connectivity index (χ2n) is 9.28. The van der Waals surface area contributed by atoms with Crippen molar-refractivity contribution in [2.75, 3.05) is 0 Å². The first-order valence-corrected chi connectivity index (χ1v) is 10.8. The Morgan fingerprint density at radius 2 is 1.61 bits per heavy atom. The molecule has 8 heteroatoms. The van der Waals surface area contributed by atoms with E-state index in [0.717, 1.165) is 10.5 Å². The second kappa shape index (κ2) is 8.61. The standard InChI is InChI=1S/C25H26N4O4/c1-25(2,3)26-22(31)19-14-18(27-28-19)21(30)20(13-15-9-5-4-6-10-15)29-23(32)16-11-7-8-12-17(16)24(29)33/h4-12,19-20,28H,13-14H2,1-3H3,(H,26,31). The van der Waals surface area contributed by atoms with Crippen LogP contribution in [-0.4, -0.2) is 51.7 Å². The zero-order valence-electron chi connectivity index (χ0n) is 18.8. The molecule has 2 unspecified atom stereocenters. The van der Waals surface area contributed by atoms with Gasteiger partial charge in [0.15, 0.2) is 0 Å². The first kappa shape index (κ1) is 22.4. The van der Waals surface area contributed by atoms with Crippen LogP contribution in [0.3, 0.4) is 0 Å². The normalized spacial score (nSPS) is 18.5. The van der Waals surface area contributed by atoms with E-state index >= 15 is 0 Å². The van der Waals surface area contributed by atoms with Crippen LogP contribution in [0.25, 0.3) is 0 Å². The molecule has 0 spiro atoms. The maximum absolute atomic E-state index is 13.6. The highest BCUT2D eigenvalue weighted by molar-refractivity contribution is 6.43. The number of ketones is 1. The number of fused-ring (bicyclic) bond motifs is 1. The molecular weight excluding hydrogens is 420 g/mol. The SMILES string of the molecule is CC(C)(C)NC(=O)C1CC(C(=O)C(Cc2ccccc2)N2C(=O)c3ccccc3C2=O)=NN1. The first-order valence-electron chi connectivity index (χ1n) is 10.8. The third-order valence-corrected chi connectivity index (χ3v) is 5.56. The van der Waals surface area contributed by atoms with Gasteiger partial charge in [0, 0.05) is 18.4 Å². The molecule has 170 valence electrons. The Labute approximate surface area is 192 Å². The minimum Gasteiger partial charge on any atom is -0.350 e. The minimum atomic E-state index is -1.07. The Morgan fingerprint density at radius 3 is 2.18 bits per heavy atom. The Balaban J connectivity index is 1.60. The van der Waals surface area contributed by atoms with Crippen LogP contribution < -0.4 is 10.7 Å². The van der Waals surface area contributed by atoms with Crippen molar-refractivity contribution in [2.24, 2.45) is 5.10 Å². The van der Waals surface area contributed by atoms with E-state index in [1.165, 1.54) is 0 Å². The number of hydrogen-bond donors (Lipinski definition) is 2. The van der Waals surface area contributed by atoms with Gasteiger partial charge in [0.25, 0.3) is 11.8 Å². The maximum atomic E-state index is 13.6. The number of hydrogen-bond acceptors (Lipinski definition) is 6. The number of rotatable bonds is 6. The second-order valence-corrected chi connectivity index (χ2v) is 9.28. The molecule has 3 amide bonds. The maximum Gasteiger partial charge on any atom is 0.262 e. The van der Waals surface area contributed by atoms with Gasteiger partial charge in [0.2, 0.25) is 11.7 Å². The monoisotopic (exact) mass is 446 g/mol. The summed E-state index contributed by atoms with van der Waals surface area (Å²) < 4.78 is 0. The summed E-state index contributed by atoms with van der Waals surface area (Å²) in [5.41, 5.74) is 3.80. The zero-order valence-corrected chi connectivity index (χ0v) is 18.8. The molecule has 2 N–H and O–H groups in total. The van der Waals surface area contributed by atoms with Crippen LogP contribution in [0.2, 0.25) is 0 Å². The van der Waals surface area contributed by atoms with E-state index in [0.29, 0.717) is 0 Å². The minimum absolute atomic E-state index is 0.0786. The molecule has 0 aliphatic carbocycles. The predicted octanol–water partition coefficient (Wildman–Crippen LogP) is 2.10. The molecule has 33 heavy (non-hydrogen) atoms. The molecule has 2 aliphatic heterocycles. The lowest BCUT2D eigenvalue weighted by atomic mass is 9.95. The Kier molecular flexibility index (Phi) is 5.84. The lowest BCUT2D eigenvalue weighted by Gasteiger charge is -2.25. The number of benzene rings is 2. The van der Waals surface area contributed by atoms with Crippen molar-refractivity contribution in [3.63, 3.8) is 0 Å². The first-order chi connectivity index (χ1) is 15.7. The van der Waals surface area contributed by atoms with E-state index in [4.69, 9.17) is 0 Å². The average Bonchev–Trinajstić information content (AvgIpc) is 3.36. The third-order valence-electron chi connectivity index (χ3n) is 5.56. The van der Waals surface area contributed by atoms with E-state index in [1.54, 1.807) is 24.3 Å². The smallest absolute Gasteiger partial charge is 0.262 e. The Morgan fingerprint density at radius 1 is 1.03 bits per heavy atom. The number of hydrazone groups is 1. The van der Waals surface area contributed by atoms with Crippen LogP contribution >= 0.6 is 0 Å². The van der Waals surface area contributed by atoms with Crippen molar-refractivity contribution in [3.05, 3.63) is 71.3 Å². The molecule has 0 saturated heterocycles. The number of imide groups is 1. The number of nitrogens with one attached hydrogen (secondary N) is 2. The lowest BCUT2D eigenvalue weighted by Crippen LogP contribution is -2.50. The summed E-state index contributed by atoms with van der Waals surface area (Å²) in [6.07, 6.45) is 0.234. The van der Waals surface area contributed by atoms with E-state index in [2.05, 4.69) is 15.8 Å². The fraction of sp³-hybridized carbons (Fsp3) is 0.320. The summed E-state index contributed by atoms with van der Waals surface area (Å²) in [6, 6.07) is 14.0. The summed E-state index contributed by atoms with van der Waals surface area (Å²) in [5, 5.41) is 6.97. The van der Waals surface area contributed by atoms with Gasteiger partial charge in [-0.25, -0.2) is 0 Å². The largest absolute Gasteiger partial charge is 0.350 e. The Hall–Kier alpha value is -3.81. The summed E-state index contributed by atoms with van der Waals surface area (Å²) >= 11 is 0. The molecule has 8 nitrogen and oxygen atoms in total. The van der Waals surface area contributed by atoms with Gasteiger partial charge in [-0.1, -0.05) is 42.5 Å². The molecule has 2 aliphatic rings. The van der Waals surface area contributed by atoms with Gasteiger partial charge in [-0.05, 0) is 38.5 Å². The lowest BCUT2D eigenvalue weighted by molar-refractivity contribution is -0.124. The fourth-order valence-electron chi connectivity index (χ4n) is 4.03. The quantitative estimate of drug-likeness (QED) is 0.661. The molecule has 0 saturated carbocycles. The Bertz CT molecular complexity index is 1120. The van der Waals surface area contributed by atoms with Gasteiger partial charge in [-0.15, -0.1) is 0 Å². The third kappa shape index (κ3) is 4.55. The summed E-state index contributed by atoms with van der Waals surface area (Å²) in [6.45, 7) is 5.60. The molecule has 2 atom stereocenters. The molecule has 0 aromatic heterocycles. The average molecular weight is 447 g/mol. The van der Waals surface area contributed by atoms with E-state index < -0.39 is 35.2 Å². The zero-order chi connectivity index (χ0) is 23.8. The fourth-order valence-corrected chi connectivity index (χ4v) is 4.03. The summed E-state index contributed by atoms with van der Waals surface area (Å²) in [5.74, 6) is -1.72. The van der Waals surface area contributed by atoms with Gasteiger partial charge in [-0.2, -0.15) is 5.10 Å². The van der Waals surface area contributed by atoms with Crippen molar-refractivity contribution in [1.82, 2.24) is 15.6 Å². The van der Waals surface area contributed by atoms with Crippen molar-refractivity contribution < 1.29 is 19.2 Å². The van der Waals surface area contributed by atoms with Gasteiger partial charge in [-0.3, -0.25) is 29.5 Å². The van der Waals surface area contributed by atoms with Crippen molar-refractivity contribution in [2.45, 2.75) is 51.2 Å². The van der Waals surface area contributed by atoms with Crippen LogP contribution in [-0.2, 0) is 16.0 Å². The summed E-state index contributed by atoms with van der Waals surface area (Å²) in [4.78, 5) is 53.4. The molecule has 2 aromatic carbocycles. The molecule has 0 bridgehead atoms. The van der Waals surface area contributed by atoms with Crippen LogP contribution in [0.15, 0.2) is 59.7 Å². The van der Waals surface area contributed by atoms with Crippen LogP contribution in [0.1, 0.15) is 53.5 Å². The van der Waals surface area contributed by atoms with Crippen molar-refractivity contribution in [3.8, 4) is 0 Å². The molecule has 0 radical (unpaired) electrons. The summed E-state index contributed by atoms with van der Waals surface area (Å²) in [7, 11) is 0. The molecule has 2 aromatic rings. The van der Waals surface area contributed by atoms with Gasteiger partial charge < -0.3 is 5.32 Å². The van der Waals surface area contributed by atoms with Crippen LogP contribution in [0, 0.1) is 0 Å². The highest BCUT2D eigenvalue weighted by Gasteiger charge is 2.44. The van der Waals surface area contributed by atoms with E-state index in [9.17, 15) is 19.2 Å². The predicted molar refractivity (Wildman–Crippen MR) is 123 cm³/mol. The van der Waals surface area contributed by atoms with Crippen molar-refractivity contribution in [1.29, 1.82) is 0 Å². The number of nitrogens with zero attached hydrogens (tertiary/aromatic N) is 2. The van der Waals surface area contributed by atoms with Crippen molar-refractivity contribution >= 4 is 29.2 Å². The van der Waals surface area contributed by atoms with E-state index in [1.807, 2.05) is 51.1 Å². The highest BCUT2D eigenvalue weighted by Crippen LogP contribution is 2.27. The molecule has 0 fully saturated rings. The number of carbonyl (C=O) groups is 4. The number of amides is 3. The topological polar surface area (TPSA) is 108 Å². The van der Waals surface area contributed by atoms with Gasteiger partial charge in [0.05, 0.1) is 11.1 Å².